The minimum atomic E-state index is -0.0317. The second-order valence-electron chi connectivity index (χ2n) is 5.15. The van der Waals surface area contributed by atoms with Gasteiger partial charge in [-0.1, -0.05) is 6.92 Å². The third-order valence-electron chi connectivity index (χ3n) is 3.26. The molecule has 0 saturated heterocycles. The lowest BCUT2D eigenvalue weighted by molar-refractivity contribution is 0.0953. The topological polar surface area (TPSA) is 58.4 Å². The van der Waals surface area contributed by atoms with Crippen LogP contribution in [0.25, 0.3) is 0 Å². The average Bonchev–Trinajstić information content (AvgIpc) is 2.44. The minimum Gasteiger partial charge on any atom is -0.372 e. The molecule has 1 aromatic carbocycles. The summed E-state index contributed by atoms with van der Waals surface area (Å²) in [5.74, 6) is -0.0317. The molecular weight excluding hydrogens is 321 g/mol. The SMILES string of the molecule is CCCN(CC)c1ccc(C(=O)NCCC(C)N)cc1.Cl.Cl. The fourth-order valence-corrected chi connectivity index (χ4v) is 2.08. The molecule has 0 radical (unpaired) electrons. The summed E-state index contributed by atoms with van der Waals surface area (Å²) in [6.45, 7) is 8.89. The van der Waals surface area contributed by atoms with Crippen LogP contribution in [0.4, 0.5) is 5.69 Å². The van der Waals surface area contributed by atoms with Crippen LogP contribution in [0.15, 0.2) is 24.3 Å². The van der Waals surface area contributed by atoms with E-state index in [0.29, 0.717) is 12.1 Å². The van der Waals surface area contributed by atoms with Gasteiger partial charge in [0.2, 0.25) is 0 Å². The minimum absolute atomic E-state index is 0. The van der Waals surface area contributed by atoms with E-state index < -0.39 is 0 Å². The largest absolute Gasteiger partial charge is 0.372 e. The first-order chi connectivity index (χ1) is 9.58. The Hall–Kier alpha value is -0.970. The molecule has 128 valence electrons. The van der Waals surface area contributed by atoms with Gasteiger partial charge in [0.25, 0.3) is 5.91 Å². The molecule has 0 fully saturated rings. The number of nitrogens with zero attached hydrogens (tertiary/aromatic N) is 1. The molecule has 1 atom stereocenters. The number of hydrogen-bond donors (Lipinski definition) is 2. The Morgan fingerprint density at radius 2 is 1.82 bits per heavy atom. The van der Waals surface area contributed by atoms with Gasteiger partial charge in [-0.3, -0.25) is 4.79 Å². The quantitative estimate of drug-likeness (QED) is 0.757. The summed E-state index contributed by atoms with van der Waals surface area (Å²) >= 11 is 0. The molecule has 1 aromatic rings. The summed E-state index contributed by atoms with van der Waals surface area (Å²) in [6.07, 6.45) is 1.91. The molecule has 4 nitrogen and oxygen atoms in total. The number of halogens is 2. The Labute approximate surface area is 146 Å². The zero-order valence-corrected chi connectivity index (χ0v) is 15.3. The number of carbonyl (C=O) groups excluding carboxylic acids is 1. The third kappa shape index (κ3) is 7.87. The van der Waals surface area contributed by atoms with Gasteiger partial charge in [-0.2, -0.15) is 0 Å². The summed E-state index contributed by atoms with van der Waals surface area (Å²) < 4.78 is 0. The van der Waals surface area contributed by atoms with Gasteiger partial charge in [0, 0.05) is 36.9 Å². The number of carbonyl (C=O) groups is 1. The van der Waals surface area contributed by atoms with Gasteiger partial charge in [0.05, 0.1) is 0 Å². The predicted molar refractivity (Wildman–Crippen MR) is 99.7 cm³/mol. The van der Waals surface area contributed by atoms with E-state index in [-0.39, 0.29) is 36.8 Å². The first kappa shape index (κ1) is 23.3. The zero-order chi connectivity index (χ0) is 15.0. The van der Waals surface area contributed by atoms with E-state index in [9.17, 15) is 4.79 Å². The maximum Gasteiger partial charge on any atom is 0.251 e. The van der Waals surface area contributed by atoms with Gasteiger partial charge >= 0.3 is 0 Å². The lowest BCUT2D eigenvalue weighted by atomic mass is 10.1. The van der Waals surface area contributed by atoms with E-state index in [0.717, 1.165) is 25.9 Å². The molecule has 0 aliphatic rings. The van der Waals surface area contributed by atoms with Crippen molar-refractivity contribution in [3.63, 3.8) is 0 Å². The van der Waals surface area contributed by atoms with Crippen LogP contribution in [-0.2, 0) is 0 Å². The molecule has 1 unspecified atom stereocenters. The molecule has 1 rings (SSSR count). The lowest BCUT2D eigenvalue weighted by Crippen LogP contribution is -2.29. The molecule has 0 heterocycles. The van der Waals surface area contributed by atoms with Crippen LogP contribution in [0.1, 0.15) is 44.0 Å². The van der Waals surface area contributed by atoms with Gasteiger partial charge < -0.3 is 16.0 Å². The molecule has 1 amide bonds. The highest BCUT2D eigenvalue weighted by molar-refractivity contribution is 5.94. The van der Waals surface area contributed by atoms with E-state index in [2.05, 4.69) is 24.1 Å². The maximum atomic E-state index is 11.9. The van der Waals surface area contributed by atoms with Crippen LogP contribution in [-0.4, -0.2) is 31.6 Å². The van der Waals surface area contributed by atoms with Crippen molar-refractivity contribution in [2.75, 3.05) is 24.5 Å². The van der Waals surface area contributed by atoms with E-state index in [1.54, 1.807) is 0 Å². The molecule has 6 heteroatoms. The Bertz CT molecular complexity index is 410. The van der Waals surface area contributed by atoms with Crippen LogP contribution in [0.5, 0.6) is 0 Å². The summed E-state index contributed by atoms with van der Waals surface area (Å²) in [6, 6.07) is 7.91. The van der Waals surface area contributed by atoms with E-state index in [4.69, 9.17) is 5.73 Å². The number of hydrogen-bond acceptors (Lipinski definition) is 3. The van der Waals surface area contributed by atoms with Gasteiger partial charge in [0.15, 0.2) is 0 Å². The summed E-state index contributed by atoms with van der Waals surface area (Å²) in [7, 11) is 0. The highest BCUT2D eigenvalue weighted by Gasteiger charge is 2.07. The maximum absolute atomic E-state index is 11.9. The first-order valence-corrected chi connectivity index (χ1v) is 7.47. The van der Waals surface area contributed by atoms with Crippen LogP contribution >= 0.6 is 24.8 Å². The van der Waals surface area contributed by atoms with Crippen molar-refractivity contribution in [1.82, 2.24) is 5.32 Å². The summed E-state index contributed by atoms with van der Waals surface area (Å²) in [4.78, 5) is 14.2. The summed E-state index contributed by atoms with van der Waals surface area (Å²) in [5.41, 5.74) is 7.53. The van der Waals surface area contributed by atoms with Gasteiger partial charge in [-0.15, -0.1) is 24.8 Å². The van der Waals surface area contributed by atoms with Crippen molar-refractivity contribution in [3.05, 3.63) is 29.8 Å². The van der Waals surface area contributed by atoms with Crippen molar-refractivity contribution >= 4 is 36.4 Å². The van der Waals surface area contributed by atoms with Crippen LogP contribution in [0.3, 0.4) is 0 Å². The molecule has 0 aliphatic carbocycles. The third-order valence-corrected chi connectivity index (χ3v) is 3.26. The van der Waals surface area contributed by atoms with Crippen LogP contribution in [0, 0.1) is 0 Å². The molecular formula is C16H29Cl2N3O. The Morgan fingerprint density at radius 1 is 1.23 bits per heavy atom. The van der Waals surface area contributed by atoms with E-state index in [1.807, 2.05) is 31.2 Å². The smallest absolute Gasteiger partial charge is 0.251 e. The first-order valence-electron chi connectivity index (χ1n) is 7.47. The molecule has 0 bridgehead atoms. The van der Waals surface area contributed by atoms with Crippen LogP contribution < -0.4 is 16.0 Å². The number of nitrogens with two attached hydrogens (primary N) is 1. The Kier molecular flexibility index (Phi) is 13.3. The molecule has 0 aliphatic heterocycles. The van der Waals surface area contributed by atoms with Crippen molar-refractivity contribution in [1.29, 1.82) is 0 Å². The predicted octanol–water partition coefficient (Wildman–Crippen LogP) is 3.23. The highest BCUT2D eigenvalue weighted by Crippen LogP contribution is 2.15. The van der Waals surface area contributed by atoms with Gasteiger partial charge in [-0.05, 0) is 51.0 Å². The second kappa shape index (κ2) is 12.6. The monoisotopic (exact) mass is 349 g/mol. The zero-order valence-electron chi connectivity index (χ0n) is 13.7. The fourth-order valence-electron chi connectivity index (χ4n) is 2.08. The van der Waals surface area contributed by atoms with Crippen molar-refractivity contribution in [3.8, 4) is 0 Å². The number of benzene rings is 1. The molecule has 0 aromatic heterocycles. The average molecular weight is 350 g/mol. The molecule has 3 N–H and O–H groups in total. The molecule has 0 saturated carbocycles. The fraction of sp³-hybridized carbons (Fsp3) is 0.562. The number of nitrogens with one attached hydrogen (secondary N) is 1. The van der Waals surface area contributed by atoms with Crippen molar-refractivity contribution in [2.24, 2.45) is 5.73 Å². The number of rotatable bonds is 8. The highest BCUT2D eigenvalue weighted by atomic mass is 35.5. The lowest BCUT2D eigenvalue weighted by Gasteiger charge is -2.22. The van der Waals surface area contributed by atoms with Crippen molar-refractivity contribution in [2.45, 2.75) is 39.7 Å². The van der Waals surface area contributed by atoms with Crippen LogP contribution in [0.2, 0.25) is 0 Å². The number of amides is 1. The molecule has 0 spiro atoms. The Morgan fingerprint density at radius 3 is 2.27 bits per heavy atom. The van der Waals surface area contributed by atoms with Gasteiger partial charge in [0.1, 0.15) is 0 Å². The Balaban J connectivity index is 0. The van der Waals surface area contributed by atoms with Gasteiger partial charge in [-0.25, -0.2) is 0 Å². The van der Waals surface area contributed by atoms with E-state index in [1.165, 1.54) is 5.69 Å². The number of anilines is 1. The standard InChI is InChI=1S/C16H27N3O.2ClH/c1-4-12-19(5-2)15-8-6-14(7-9-15)16(20)18-11-10-13(3)17;;/h6-9,13H,4-5,10-12,17H2,1-3H3,(H,18,20);2*1H. The normalized spacial score (nSPS) is 10.9. The summed E-state index contributed by atoms with van der Waals surface area (Å²) in [5, 5.41) is 2.89. The second-order valence-corrected chi connectivity index (χ2v) is 5.15. The van der Waals surface area contributed by atoms with E-state index >= 15 is 0 Å². The molecule has 22 heavy (non-hydrogen) atoms. The van der Waals surface area contributed by atoms with Crippen molar-refractivity contribution < 1.29 is 4.79 Å².